The van der Waals surface area contributed by atoms with Crippen LogP contribution in [0.1, 0.15) is 27.7 Å². The third kappa shape index (κ3) is 3.11. The summed E-state index contributed by atoms with van der Waals surface area (Å²) in [6.45, 7) is 0.440. The van der Waals surface area contributed by atoms with E-state index < -0.39 is 0 Å². The molecule has 26 heavy (non-hydrogen) atoms. The quantitative estimate of drug-likeness (QED) is 0.565. The van der Waals surface area contributed by atoms with Crippen molar-refractivity contribution in [1.29, 1.82) is 0 Å². The van der Waals surface area contributed by atoms with Crippen LogP contribution < -0.4 is 5.32 Å². The van der Waals surface area contributed by atoms with Crippen molar-refractivity contribution in [3.63, 3.8) is 0 Å². The van der Waals surface area contributed by atoms with Crippen LogP contribution in [0, 0.1) is 0 Å². The van der Waals surface area contributed by atoms with Crippen LogP contribution in [0.5, 0.6) is 0 Å². The van der Waals surface area contributed by atoms with Crippen LogP contribution in [0.15, 0.2) is 77.3 Å². The molecule has 1 heterocycles. The van der Waals surface area contributed by atoms with Crippen molar-refractivity contribution in [1.82, 2.24) is 4.90 Å². The molecule has 0 fully saturated rings. The lowest BCUT2D eigenvalue weighted by Gasteiger charge is -2.28. The Kier molecular flexibility index (Phi) is 4.70. The largest absolute Gasteiger partial charge is 0.360 e. The number of fused-ring (bicyclic) bond motifs is 1. The van der Waals surface area contributed by atoms with Gasteiger partial charge in [-0.05, 0) is 45.8 Å². The number of halogens is 2. The van der Waals surface area contributed by atoms with Gasteiger partial charge in [-0.1, -0.05) is 60.1 Å². The first-order chi connectivity index (χ1) is 12.6. The minimum atomic E-state index is -0.256. The third-order valence-electron chi connectivity index (χ3n) is 4.52. The number of nitrogens with zero attached hydrogens (tertiary/aromatic N) is 1. The van der Waals surface area contributed by atoms with Gasteiger partial charge in [0.15, 0.2) is 0 Å². The van der Waals surface area contributed by atoms with Crippen molar-refractivity contribution in [3.8, 4) is 0 Å². The molecule has 1 unspecified atom stereocenters. The molecule has 1 atom stereocenters. The fraction of sp³-hybridized carbons (Fsp3) is 0.0952. The van der Waals surface area contributed by atoms with Crippen molar-refractivity contribution in [2.45, 2.75) is 12.7 Å². The van der Waals surface area contributed by atoms with Gasteiger partial charge in [0, 0.05) is 27.2 Å². The fourth-order valence-corrected chi connectivity index (χ4v) is 3.82. The fourth-order valence-electron chi connectivity index (χ4n) is 3.22. The molecule has 1 aliphatic rings. The number of carbonyl (C=O) groups is 1. The highest BCUT2D eigenvalue weighted by atomic mass is 79.9. The lowest BCUT2D eigenvalue weighted by atomic mass is 10.1. The van der Waals surface area contributed by atoms with E-state index in [1.54, 1.807) is 0 Å². The minimum absolute atomic E-state index is 0.00470. The van der Waals surface area contributed by atoms with E-state index in [1.165, 1.54) is 0 Å². The summed E-state index contributed by atoms with van der Waals surface area (Å²) >= 11 is 9.90. The number of amides is 1. The monoisotopic (exact) mass is 426 g/mol. The Bertz CT molecular complexity index is 975. The number of hydrogen-bond acceptors (Lipinski definition) is 2. The van der Waals surface area contributed by atoms with Crippen molar-refractivity contribution in [2.75, 3.05) is 5.32 Å². The Hall–Kier alpha value is -2.30. The zero-order valence-corrected chi connectivity index (χ0v) is 16.2. The van der Waals surface area contributed by atoms with E-state index in [1.807, 2.05) is 77.7 Å². The van der Waals surface area contributed by atoms with E-state index >= 15 is 0 Å². The topological polar surface area (TPSA) is 32.3 Å². The number of para-hydroxylation sites is 1. The van der Waals surface area contributed by atoms with E-state index in [0.29, 0.717) is 11.6 Å². The molecule has 0 saturated heterocycles. The zero-order valence-electron chi connectivity index (χ0n) is 13.8. The van der Waals surface area contributed by atoms with Crippen LogP contribution >= 0.6 is 27.5 Å². The molecule has 0 aliphatic carbocycles. The molecule has 3 aromatic rings. The second kappa shape index (κ2) is 7.14. The van der Waals surface area contributed by atoms with Gasteiger partial charge in [-0.2, -0.15) is 0 Å². The summed E-state index contributed by atoms with van der Waals surface area (Å²) in [6, 6.07) is 23.2. The predicted molar refractivity (Wildman–Crippen MR) is 108 cm³/mol. The third-order valence-corrected chi connectivity index (χ3v) is 5.58. The van der Waals surface area contributed by atoms with Gasteiger partial charge in [0.1, 0.15) is 6.17 Å². The lowest BCUT2D eigenvalue weighted by molar-refractivity contribution is 0.0729. The molecule has 3 nitrogen and oxygen atoms in total. The van der Waals surface area contributed by atoms with Gasteiger partial charge in [-0.15, -0.1) is 0 Å². The van der Waals surface area contributed by atoms with E-state index in [4.69, 9.17) is 11.6 Å². The Labute approximate surface area is 165 Å². The van der Waals surface area contributed by atoms with Crippen molar-refractivity contribution < 1.29 is 4.79 Å². The summed E-state index contributed by atoms with van der Waals surface area (Å²) in [7, 11) is 0. The molecule has 4 rings (SSSR count). The molecule has 1 N–H and O–H groups in total. The maximum Gasteiger partial charge on any atom is 0.256 e. The molecule has 3 aromatic carbocycles. The van der Waals surface area contributed by atoms with Gasteiger partial charge in [0.05, 0.1) is 5.69 Å². The molecular formula is C21H16BrClN2O. The van der Waals surface area contributed by atoms with Crippen LogP contribution in [-0.4, -0.2) is 10.8 Å². The van der Waals surface area contributed by atoms with E-state index in [0.717, 1.165) is 26.9 Å². The first-order valence-electron chi connectivity index (χ1n) is 8.29. The van der Waals surface area contributed by atoms with Crippen LogP contribution in [-0.2, 0) is 6.54 Å². The summed E-state index contributed by atoms with van der Waals surface area (Å²) in [6.07, 6.45) is -0.256. The van der Waals surface area contributed by atoms with Crippen molar-refractivity contribution >= 4 is 39.1 Å². The predicted octanol–water partition coefficient (Wildman–Crippen LogP) is 5.87. The molecule has 0 bridgehead atoms. The molecule has 0 saturated carbocycles. The number of rotatable bonds is 4. The van der Waals surface area contributed by atoms with Crippen molar-refractivity contribution in [2.24, 2.45) is 0 Å². The van der Waals surface area contributed by atoms with Crippen LogP contribution in [0.2, 0.25) is 5.02 Å². The average molecular weight is 428 g/mol. The maximum atomic E-state index is 13.0. The smallest absolute Gasteiger partial charge is 0.256 e. The van der Waals surface area contributed by atoms with Gasteiger partial charge in [-0.3, -0.25) is 4.79 Å². The number of hydrogen-bond donors (Lipinski definition) is 1. The molecule has 130 valence electrons. The normalized spacial score (nSPS) is 15.8. The highest BCUT2D eigenvalue weighted by Crippen LogP contribution is 2.37. The second-order valence-electron chi connectivity index (χ2n) is 6.14. The number of nitrogens with one attached hydrogen (secondary N) is 1. The lowest BCUT2D eigenvalue weighted by Crippen LogP contribution is -2.32. The van der Waals surface area contributed by atoms with E-state index in [2.05, 4.69) is 21.2 Å². The second-order valence-corrected chi connectivity index (χ2v) is 7.40. The van der Waals surface area contributed by atoms with Crippen LogP contribution in [0.3, 0.4) is 0 Å². The average Bonchev–Trinajstić information content (AvgIpc) is 2.91. The number of benzene rings is 3. The summed E-state index contributed by atoms with van der Waals surface area (Å²) < 4.78 is 0.953. The summed E-state index contributed by atoms with van der Waals surface area (Å²) in [5, 5.41) is 4.16. The Morgan fingerprint density at radius 2 is 1.65 bits per heavy atom. The number of carbonyl (C=O) groups excluding carboxylic acids is 1. The highest BCUT2D eigenvalue weighted by Gasteiger charge is 2.36. The molecule has 1 amide bonds. The Morgan fingerprint density at radius 1 is 0.962 bits per heavy atom. The standard InChI is InChI=1S/C21H16BrClN2O/c22-17-10-4-6-12-19(17)24-20-15-8-2-3-9-16(15)21(26)25(20)13-14-7-1-5-11-18(14)23/h1-12,20,24H,13H2. The van der Waals surface area contributed by atoms with Gasteiger partial charge in [-0.25, -0.2) is 0 Å². The van der Waals surface area contributed by atoms with Crippen LogP contribution in [0.4, 0.5) is 5.69 Å². The summed E-state index contributed by atoms with van der Waals surface area (Å²) in [4.78, 5) is 14.9. The molecule has 0 radical (unpaired) electrons. The van der Waals surface area contributed by atoms with Gasteiger partial charge in [0.2, 0.25) is 0 Å². The number of anilines is 1. The SMILES string of the molecule is O=C1c2ccccc2C(Nc2ccccc2Br)N1Cc1ccccc1Cl. The van der Waals surface area contributed by atoms with Gasteiger partial charge < -0.3 is 10.2 Å². The molecular weight excluding hydrogens is 412 g/mol. The minimum Gasteiger partial charge on any atom is -0.360 e. The molecule has 0 aromatic heterocycles. The molecule has 5 heteroatoms. The maximum absolute atomic E-state index is 13.0. The highest BCUT2D eigenvalue weighted by molar-refractivity contribution is 9.10. The Morgan fingerprint density at radius 3 is 2.46 bits per heavy atom. The van der Waals surface area contributed by atoms with Crippen molar-refractivity contribution in [3.05, 3.63) is 99.0 Å². The first-order valence-corrected chi connectivity index (χ1v) is 9.46. The Balaban J connectivity index is 1.73. The van der Waals surface area contributed by atoms with E-state index in [9.17, 15) is 4.79 Å². The van der Waals surface area contributed by atoms with Gasteiger partial charge >= 0.3 is 0 Å². The molecule has 1 aliphatic heterocycles. The zero-order chi connectivity index (χ0) is 18.1. The molecule has 0 spiro atoms. The van der Waals surface area contributed by atoms with Crippen LogP contribution in [0.25, 0.3) is 0 Å². The first kappa shape index (κ1) is 17.1. The summed E-state index contributed by atoms with van der Waals surface area (Å²) in [5.74, 6) is 0.00470. The summed E-state index contributed by atoms with van der Waals surface area (Å²) in [5.41, 5.74) is 3.56. The van der Waals surface area contributed by atoms with Gasteiger partial charge in [0.25, 0.3) is 5.91 Å². The van der Waals surface area contributed by atoms with E-state index in [-0.39, 0.29) is 12.1 Å².